The van der Waals surface area contributed by atoms with Crippen LogP contribution in [-0.4, -0.2) is 53.3 Å². The van der Waals surface area contributed by atoms with Gasteiger partial charge in [-0.3, -0.25) is 9.58 Å². The number of ether oxygens (including phenoxy) is 4. The molecule has 4 heterocycles. The number of aromatic nitrogens is 4. The van der Waals surface area contributed by atoms with Gasteiger partial charge in [-0.1, -0.05) is 0 Å². The van der Waals surface area contributed by atoms with Crippen molar-refractivity contribution in [3.05, 3.63) is 90.1 Å². The minimum atomic E-state index is -0.474. The SMILES string of the molecule is COc1ccc2cc3[n+](cc2c1OCCN(CCn1cncn1)Cc1cc(F)ccc1F)CCc1cc2c(cc1-3)OCO2.[Cl-]. The molecule has 0 aliphatic carbocycles. The monoisotopic (exact) mass is 621 g/mol. The van der Waals surface area contributed by atoms with E-state index in [0.717, 1.165) is 58.6 Å². The van der Waals surface area contributed by atoms with Gasteiger partial charge in [0.15, 0.2) is 35.7 Å². The van der Waals surface area contributed by atoms with Crippen LogP contribution < -0.4 is 35.9 Å². The summed E-state index contributed by atoms with van der Waals surface area (Å²) in [5.74, 6) is 1.90. The molecule has 2 aromatic heterocycles. The molecule has 2 aliphatic rings. The largest absolute Gasteiger partial charge is 1.00 e. The van der Waals surface area contributed by atoms with Gasteiger partial charge in [-0.05, 0) is 53.4 Å². The smallest absolute Gasteiger partial charge is 0.231 e. The lowest BCUT2D eigenvalue weighted by Crippen LogP contribution is -3.00. The van der Waals surface area contributed by atoms with E-state index in [2.05, 4.69) is 39.0 Å². The number of hydrogen-bond donors (Lipinski definition) is 0. The highest BCUT2D eigenvalue weighted by Crippen LogP contribution is 2.41. The first-order chi connectivity index (χ1) is 21.1. The molecule has 0 amide bonds. The Morgan fingerprint density at radius 3 is 2.73 bits per heavy atom. The zero-order valence-electron chi connectivity index (χ0n) is 24.0. The molecule has 0 saturated heterocycles. The molecule has 9 nitrogen and oxygen atoms in total. The van der Waals surface area contributed by atoms with E-state index in [1.54, 1.807) is 18.1 Å². The number of benzene rings is 3. The summed E-state index contributed by atoms with van der Waals surface area (Å²) >= 11 is 0. The third kappa shape index (κ3) is 5.85. The van der Waals surface area contributed by atoms with Crippen LogP contribution in [0.4, 0.5) is 8.78 Å². The molecule has 5 aromatic rings. The van der Waals surface area contributed by atoms with E-state index in [1.165, 1.54) is 18.0 Å². The summed E-state index contributed by atoms with van der Waals surface area (Å²) in [5.41, 5.74) is 3.74. The van der Waals surface area contributed by atoms with Crippen molar-refractivity contribution in [1.82, 2.24) is 19.7 Å². The van der Waals surface area contributed by atoms with Gasteiger partial charge in [0.25, 0.3) is 0 Å². The molecular formula is C32H30ClF2N5O4. The summed E-state index contributed by atoms with van der Waals surface area (Å²) in [7, 11) is 1.62. The number of aryl methyl sites for hydroxylation is 2. The second-order valence-corrected chi connectivity index (χ2v) is 10.6. The van der Waals surface area contributed by atoms with Gasteiger partial charge in [-0.2, -0.15) is 9.67 Å². The molecular weight excluding hydrogens is 592 g/mol. The third-order valence-electron chi connectivity index (χ3n) is 7.96. The standard InChI is InChI=1S/C32H30F2N5O4.ClH/c1-40-29-5-2-21-13-28-25-15-31-30(42-20-43-31)14-22(25)6-7-38(28)17-26(21)32(29)41-11-10-37(8-9-39-19-35-18-36-39)16-23-12-24(33)3-4-27(23)34;/h2-5,12-15,17-19H,6-11,16,20H2,1H3;1H/q+1;/p-1. The number of halogens is 3. The number of nitrogens with zero attached hydrogens (tertiary/aromatic N) is 5. The number of rotatable bonds is 10. The lowest BCUT2D eigenvalue weighted by atomic mass is 9.95. The normalized spacial score (nSPS) is 13.0. The van der Waals surface area contributed by atoms with Crippen molar-refractivity contribution in [3.8, 4) is 34.3 Å². The summed E-state index contributed by atoms with van der Waals surface area (Å²) in [5, 5.41) is 6.10. The molecule has 228 valence electrons. The van der Waals surface area contributed by atoms with E-state index in [4.69, 9.17) is 18.9 Å². The molecule has 12 heteroatoms. The van der Waals surface area contributed by atoms with Crippen molar-refractivity contribution in [3.63, 3.8) is 0 Å². The highest BCUT2D eigenvalue weighted by Gasteiger charge is 2.28. The van der Waals surface area contributed by atoms with Gasteiger partial charge in [0.2, 0.25) is 12.5 Å². The number of pyridine rings is 1. The lowest BCUT2D eigenvalue weighted by Gasteiger charge is -2.23. The maximum Gasteiger partial charge on any atom is 0.231 e. The summed E-state index contributed by atoms with van der Waals surface area (Å²) < 4.78 is 55.7. The summed E-state index contributed by atoms with van der Waals surface area (Å²) in [6, 6.07) is 13.8. The molecule has 0 N–H and O–H groups in total. The highest BCUT2D eigenvalue weighted by atomic mass is 35.5. The second kappa shape index (κ2) is 12.6. The van der Waals surface area contributed by atoms with Crippen LogP contribution in [0.1, 0.15) is 11.1 Å². The third-order valence-corrected chi connectivity index (χ3v) is 7.96. The number of methoxy groups -OCH3 is 1. The van der Waals surface area contributed by atoms with Crippen LogP contribution in [0.25, 0.3) is 22.0 Å². The van der Waals surface area contributed by atoms with E-state index in [-0.39, 0.29) is 31.3 Å². The van der Waals surface area contributed by atoms with Crippen LogP contribution in [0.5, 0.6) is 23.0 Å². The van der Waals surface area contributed by atoms with Gasteiger partial charge in [0.05, 0.1) is 24.6 Å². The number of fused-ring (bicyclic) bond motifs is 5. The Labute approximate surface area is 259 Å². The molecule has 44 heavy (non-hydrogen) atoms. The predicted octanol–water partition coefficient (Wildman–Crippen LogP) is 1.54. The van der Waals surface area contributed by atoms with Crippen molar-refractivity contribution < 1.29 is 44.7 Å². The highest BCUT2D eigenvalue weighted by molar-refractivity contribution is 5.91. The minimum Gasteiger partial charge on any atom is -1.00 e. The lowest BCUT2D eigenvalue weighted by molar-refractivity contribution is -0.686. The van der Waals surface area contributed by atoms with Crippen LogP contribution in [0.2, 0.25) is 0 Å². The average Bonchev–Trinajstić information content (AvgIpc) is 3.71. The molecule has 0 unspecified atom stereocenters. The van der Waals surface area contributed by atoms with Gasteiger partial charge >= 0.3 is 0 Å². The van der Waals surface area contributed by atoms with Crippen LogP contribution in [-0.2, 0) is 26.1 Å². The van der Waals surface area contributed by atoms with Gasteiger partial charge in [-0.25, -0.2) is 13.8 Å². The Morgan fingerprint density at radius 2 is 1.91 bits per heavy atom. The summed E-state index contributed by atoms with van der Waals surface area (Å²) in [4.78, 5) is 6.00. The van der Waals surface area contributed by atoms with Gasteiger partial charge in [0.1, 0.15) is 30.9 Å². The van der Waals surface area contributed by atoms with E-state index in [1.807, 2.05) is 17.0 Å². The number of hydrogen-bond acceptors (Lipinski definition) is 7. The van der Waals surface area contributed by atoms with Crippen molar-refractivity contribution in [2.24, 2.45) is 0 Å². The van der Waals surface area contributed by atoms with E-state index in [9.17, 15) is 8.78 Å². The topological polar surface area (TPSA) is 74.8 Å². The van der Waals surface area contributed by atoms with Gasteiger partial charge < -0.3 is 31.4 Å². The van der Waals surface area contributed by atoms with E-state index < -0.39 is 11.6 Å². The Kier molecular flexibility index (Phi) is 8.49. The summed E-state index contributed by atoms with van der Waals surface area (Å²) in [6.45, 7) is 3.11. The fraction of sp³-hybridized carbons (Fsp3) is 0.281. The first-order valence-corrected chi connectivity index (χ1v) is 14.1. The van der Waals surface area contributed by atoms with Gasteiger partial charge in [0, 0.05) is 37.7 Å². The zero-order valence-corrected chi connectivity index (χ0v) is 24.8. The van der Waals surface area contributed by atoms with E-state index in [0.29, 0.717) is 37.7 Å². The molecule has 0 saturated carbocycles. The van der Waals surface area contributed by atoms with Crippen molar-refractivity contribution in [2.45, 2.75) is 26.1 Å². The first kappa shape index (κ1) is 29.6. The Hall–Kier alpha value is -4.48. The van der Waals surface area contributed by atoms with Crippen LogP contribution >= 0.6 is 0 Å². The van der Waals surface area contributed by atoms with Crippen molar-refractivity contribution >= 4 is 10.8 Å². The zero-order chi connectivity index (χ0) is 29.3. The Balaban J connectivity index is 0.00000343. The molecule has 0 atom stereocenters. The predicted molar refractivity (Wildman–Crippen MR) is 153 cm³/mol. The fourth-order valence-electron chi connectivity index (χ4n) is 5.75. The maximum atomic E-state index is 14.5. The maximum absolute atomic E-state index is 14.5. The van der Waals surface area contributed by atoms with Crippen LogP contribution in [0.3, 0.4) is 0 Å². The van der Waals surface area contributed by atoms with Crippen LogP contribution in [0, 0.1) is 11.6 Å². The quantitative estimate of drug-likeness (QED) is 0.219. The van der Waals surface area contributed by atoms with Gasteiger partial charge in [-0.15, -0.1) is 0 Å². The molecule has 0 spiro atoms. The minimum absolute atomic E-state index is 0. The molecule has 2 aliphatic heterocycles. The van der Waals surface area contributed by atoms with Crippen molar-refractivity contribution in [1.29, 1.82) is 0 Å². The molecule has 0 radical (unpaired) electrons. The second-order valence-electron chi connectivity index (χ2n) is 10.6. The molecule has 3 aromatic carbocycles. The molecule has 7 rings (SSSR count). The average molecular weight is 622 g/mol. The molecule has 0 bridgehead atoms. The van der Waals surface area contributed by atoms with Crippen molar-refractivity contribution in [2.75, 3.05) is 33.6 Å². The van der Waals surface area contributed by atoms with E-state index >= 15 is 0 Å². The Morgan fingerprint density at radius 1 is 1.05 bits per heavy atom. The summed E-state index contributed by atoms with van der Waals surface area (Å²) in [6.07, 6.45) is 6.08. The fourth-order valence-corrected chi connectivity index (χ4v) is 5.75. The molecule has 0 fully saturated rings. The van der Waals surface area contributed by atoms with Crippen LogP contribution in [0.15, 0.2) is 67.4 Å². The Bertz CT molecular complexity index is 1800. The first-order valence-electron chi connectivity index (χ1n) is 14.1.